The Bertz CT molecular complexity index is 257. The van der Waals surface area contributed by atoms with Gasteiger partial charge in [-0.2, -0.15) is 0 Å². The van der Waals surface area contributed by atoms with E-state index in [-0.39, 0.29) is 18.6 Å². The van der Waals surface area contributed by atoms with Crippen LogP contribution in [0.4, 0.5) is 0 Å². The van der Waals surface area contributed by atoms with Gasteiger partial charge in [0.25, 0.3) is 0 Å². The number of nitrogens with zero attached hydrogens (tertiary/aromatic N) is 1. The normalized spacial score (nSPS) is 19.8. The van der Waals surface area contributed by atoms with Crippen LogP contribution in [0, 0.1) is 5.41 Å². The molecule has 0 unspecified atom stereocenters. The highest BCUT2D eigenvalue weighted by atomic mass is 16.5. The van der Waals surface area contributed by atoms with E-state index in [4.69, 9.17) is 10.5 Å². The summed E-state index contributed by atoms with van der Waals surface area (Å²) in [6, 6.07) is 0. The summed E-state index contributed by atoms with van der Waals surface area (Å²) in [5.41, 5.74) is 5.87. The molecule has 0 aromatic carbocycles. The molecule has 1 rings (SSSR count). The van der Waals surface area contributed by atoms with Gasteiger partial charge in [0.15, 0.2) is 0 Å². The van der Waals surface area contributed by atoms with Gasteiger partial charge < -0.3 is 15.4 Å². The number of carbonyl (C=O) groups is 1. The number of amides is 1. The Morgan fingerprint density at radius 3 is 2.56 bits per heavy atom. The lowest BCUT2D eigenvalue weighted by atomic mass is 9.76. The predicted octanol–water partition coefficient (Wildman–Crippen LogP) is 1.78. The number of hydrogen-bond donors (Lipinski definition) is 1. The molecule has 1 saturated carbocycles. The maximum Gasteiger partial charge on any atom is 0.248 e. The van der Waals surface area contributed by atoms with Crippen LogP contribution in [-0.4, -0.2) is 43.7 Å². The topological polar surface area (TPSA) is 55.6 Å². The number of hydrogen-bond acceptors (Lipinski definition) is 3. The minimum absolute atomic E-state index is 0.0632. The predicted molar refractivity (Wildman–Crippen MR) is 73.3 cm³/mol. The summed E-state index contributed by atoms with van der Waals surface area (Å²) in [4.78, 5) is 13.5. The first-order valence-corrected chi connectivity index (χ1v) is 7.00. The molecule has 0 aromatic heterocycles. The average Bonchev–Trinajstić information content (AvgIpc) is 2.34. The van der Waals surface area contributed by atoms with Crippen molar-refractivity contribution >= 4 is 5.91 Å². The Morgan fingerprint density at radius 2 is 2.00 bits per heavy atom. The minimum Gasteiger partial charge on any atom is -0.368 e. The van der Waals surface area contributed by atoms with Crippen molar-refractivity contribution < 1.29 is 9.53 Å². The van der Waals surface area contributed by atoms with Gasteiger partial charge in [0.05, 0.1) is 6.10 Å². The SMILES string of the molecule is CN(CCCN)C(=O)COC1CCC(C)(C)CC1. The highest BCUT2D eigenvalue weighted by Crippen LogP contribution is 2.36. The van der Waals surface area contributed by atoms with Crippen LogP contribution in [0.1, 0.15) is 46.0 Å². The zero-order valence-electron chi connectivity index (χ0n) is 12.1. The third-order valence-corrected chi connectivity index (χ3v) is 3.85. The van der Waals surface area contributed by atoms with Crippen LogP contribution in [-0.2, 0) is 9.53 Å². The smallest absolute Gasteiger partial charge is 0.248 e. The third-order valence-electron chi connectivity index (χ3n) is 3.85. The molecule has 0 aromatic rings. The van der Waals surface area contributed by atoms with Gasteiger partial charge >= 0.3 is 0 Å². The molecule has 0 spiro atoms. The number of carbonyl (C=O) groups excluding carboxylic acids is 1. The summed E-state index contributed by atoms with van der Waals surface area (Å²) in [5, 5.41) is 0. The van der Waals surface area contributed by atoms with Gasteiger partial charge in [0.1, 0.15) is 6.61 Å². The van der Waals surface area contributed by atoms with E-state index in [1.165, 1.54) is 12.8 Å². The van der Waals surface area contributed by atoms with Gasteiger partial charge in [-0.05, 0) is 44.1 Å². The molecular formula is C14H28N2O2. The van der Waals surface area contributed by atoms with E-state index in [1.54, 1.807) is 4.90 Å². The highest BCUT2D eigenvalue weighted by Gasteiger charge is 2.27. The first-order valence-electron chi connectivity index (χ1n) is 7.00. The van der Waals surface area contributed by atoms with E-state index in [0.29, 0.717) is 12.0 Å². The minimum atomic E-state index is 0.0632. The van der Waals surface area contributed by atoms with Crippen molar-refractivity contribution in [2.75, 3.05) is 26.7 Å². The second-order valence-electron chi connectivity index (χ2n) is 6.13. The number of ether oxygens (including phenoxy) is 1. The molecule has 0 saturated heterocycles. The van der Waals surface area contributed by atoms with Gasteiger partial charge in [-0.1, -0.05) is 13.8 Å². The molecule has 1 aliphatic carbocycles. The zero-order chi connectivity index (χ0) is 13.6. The number of nitrogens with two attached hydrogens (primary N) is 1. The maximum absolute atomic E-state index is 11.8. The van der Waals surface area contributed by atoms with Gasteiger partial charge in [0.2, 0.25) is 5.91 Å². The molecule has 106 valence electrons. The van der Waals surface area contributed by atoms with E-state index in [0.717, 1.165) is 25.8 Å². The van der Waals surface area contributed by atoms with E-state index in [9.17, 15) is 4.79 Å². The van der Waals surface area contributed by atoms with Gasteiger partial charge in [-0.3, -0.25) is 4.79 Å². The van der Waals surface area contributed by atoms with Crippen LogP contribution >= 0.6 is 0 Å². The Balaban J connectivity index is 2.19. The number of likely N-dealkylation sites (N-methyl/N-ethyl adjacent to an activating group) is 1. The van der Waals surface area contributed by atoms with Crippen molar-refractivity contribution in [3.8, 4) is 0 Å². The second-order valence-corrected chi connectivity index (χ2v) is 6.13. The molecule has 4 nitrogen and oxygen atoms in total. The maximum atomic E-state index is 11.8. The van der Waals surface area contributed by atoms with Crippen molar-refractivity contribution in [2.45, 2.75) is 52.1 Å². The standard InChI is InChI=1S/C14H28N2O2/c1-14(2)7-5-12(6-8-14)18-11-13(17)16(3)10-4-9-15/h12H,4-11,15H2,1-3H3. The van der Waals surface area contributed by atoms with Crippen molar-refractivity contribution in [1.82, 2.24) is 4.90 Å². The Labute approximate surface area is 111 Å². The quantitative estimate of drug-likeness (QED) is 0.788. The van der Waals surface area contributed by atoms with Crippen LogP contribution in [0.3, 0.4) is 0 Å². The summed E-state index contributed by atoms with van der Waals surface area (Å²) in [6.45, 7) is 6.16. The van der Waals surface area contributed by atoms with E-state index in [1.807, 2.05) is 7.05 Å². The van der Waals surface area contributed by atoms with E-state index in [2.05, 4.69) is 13.8 Å². The van der Waals surface area contributed by atoms with Gasteiger partial charge in [-0.25, -0.2) is 0 Å². The molecule has 0 heterocycles. The van der Waals surface area contributed by atoms with Crippen molar-refractivity contribution in [2.24, 2.45) is 11.1 Å². The average molecular weight is 256 g/mol. The van der Waals surface area contributed by atoms with Crippen LogP contribution in [0.25, 0.3) is 0 Å². The fraction of sp³-hybridized carbons (Fsp3) is 0.929. The molecule has 1 fully saturated rings. The molecule has 0 bridgehead atoms. The van der Waals surface area contributed by atoms with Crippen molar-refractivity contribution in [3.05, 3.63) is 0 Å². The first-order chi connectivity index (χ1) is 8.44. The lowest BCUT2D eigenvalue weighted by Crippen LogP contribution is -2.35. The van der Waals surface area contributed by atoms with Crippen molar-refractivity contribution in [3.63, 3.8) is 0 Å². The fourth-order valence-corrected chi connectivity index (χ4v) is 2.29. The molecule has 1 amide bonds. The molecule has 0 aliphatic heterocycles. The van der Waals surface area contributed by atoms with Gasteiger partial charge in [0, 0.05) is 13.6 Å². The summed E-state index contributed by atoms with van der Waals surface area (Å²) in [7, 11) is 1.81. The van der Waals surface area contributed by atoms with Crippen molar-refractivity contribution in [1.29, 1.82) is 0 Å². The lowest BCUT2D eigenvalue weighted by Gasteiger charge is -2.34. The molecule has 4 heteroatoms. The number of rotatable bonds is 6. The van der Waals surface area contributed by atoms with Crippen LogP contribution in [0.5, 0.6) is 0 Å². The lowest BCUT2D eigenvalue weighted by molar-refractivity contribution is -0.138. The summed E-state index contributed by atoms with van der Waals surface area (Å²) in [5.74, 6) is 0.0632. The van der Waals surface area contributed by atoms with E-state index < -0.39 is 0 Å². The zero-order valence-corrected chi connectivity index (χ0v) is 12.1. The molecule has 2 N–H and O–H groups in total. The first kappa shape index (κ1) is 15.4. The van der Waals surface area contributed by atoms with Crippen LogP contribution in [0.15, 0.2) is 0 Å². The van der Waals surface area contributed by atoms with Crippen LogP contribution < -0.4 is 5.73 Å². The summed E-state index contributed by atoms with van der Waals surface area (Å²) < 4.78 is 5.72. The fourth-order valence-electron chi connectivity index (χ4n) is 2.29. The Kier molecular flexibility index (Phi) is 6.09. The molecule has 18 heavy (non-hydrogen) atoms. The summed E-state index contributed by atoms with van der Waals surface area (Å²) in [6.07, 6.45) is 5.65. The monoisotopic (exact) mass is 256 g/mol. The molecular weight excluding hydrogens is 228 g/mol. The third kappa shape index (κ3) is 5.36. The molecule has 1 aliphatic rings. The molecule has 0 radical (unpaired) electrons. The summed E-state index contributed by atoms with van der Waals surface area (Å²) >= 11 is 0. The molecule has 0 atom stereocenters. The largest absolute Gasteiger partial charge is 0.368 e. The second kappa shape index (κ2) is 7.10. The highest BCUT2D eigenvalue weighted by molar-refractivity contribution is 5.77. The van der Waals surface area contributed by atoms with Gasteiger partial charge in [-0.15, -0.1) is 0 Å². The Hall–Kier alpha value is -0.610. The Morgan fingerprint density at radius 1 is 1.39 bits per heavy atom. The van der Waals surface area contributed by atoms with E-state index >= 15 is 0 Å². The van der Waals surface area contributed by atoms with Crippen LogP contribution in [0.2, 0.25) is 0 Å².